The molecule has 0 spiro atoms. The van der Waals surface area contributed by atoms with Crippen molar-refractivity contribution in [1.29, 1.82) is 0 Å². The van der Waals surface area contributed by atoms with Crippen LogP contribution in [0.15, 0.2) is 47.6 Å². The minimum atomic E-state index is -2.50. The number of methoxy groups -OCH3 is 4. The van der Waals surface area contributed by atoms with Gasteiger partial charge in [-0.2, -0.15) is 0 Å². The lowest BCUT2D eigenvalue weighted by molar-refractivity contribution is -0.335. The number of cyclic esters (lactones) is 1. The number of aliphatic hydroxyl groups is 5. The molecule has 0 aromatic heterocycles. The van der Waals surface area contributed by atoms with Gasteiger partial charge in [0, 0.05) is 65.6 Å². The minimum absolute atomic E-state index is 0.0158. The van der Waals surface area contributed by atoms with Crippen molar-refractivity contribution >= 4 is 35.4 Å². The van der Waals surface area contributed by atoms with Crippen LogP contribution in [0.4, 0.5) is 4.79 Å². The second-order valence-electron chi connectivity index (χ2n) is 23.0. The van der Waals surface area contributed by atoms with Crippen LogP contribution >= 0.6 is 0 Å². The molecule has 1 amide bonds. The molecule has 5 N–H and O–H groups in total. The Morgan fingerprint density at radius 2 is 1.54 bits per heavy atom. The first-order chi connectivity index (χ1) is 37.9. The molecule has 452 valence electrons. The van der Waals surface area contributed by atoms with Gasteiger partial charge in [-0.15, -0.1) is 0 Å². The first kappa shape index (κ1) is 66.5. The van der Waals surface area contributed by atoms with Crippen LogP contribution in [0.2, 0.25) is 0 Å². The maximum atomic E-state index is 14.6. The van der Waals surface area contributed by atoms with Gasteiger partial charge in [0.05, 0.1) is 31.0 Å². The first-order valence-electron chi connectivity index (χ1n) is 28.4. The number of carbonyl (C=O) groups excluding carboxylic acids is 6. The summed E-state index contributed by atoms with van der Waals surface area (Å²) < 4.78 is 51.8. The van der Waals surface area contributed by atoms with Gasteiger partial charge in [-0.1, -0.05) is 71.1 Å². The van der Waals surface area contributed by atoms with E-state index in [0.717, 1.165) is 10.5 Å². The molecule has 0 aromatic carbocycles. The molecule has 21 nitrogen and oxygen atoms in total. The third-order valence-electron chi connectivity index (χ3n) is 17.1. The third kappa shape index (κ3) is 16.5. The molecular weight excluding hydrogens is 1040 g/mol. The number of ether oxygens (including phenoxy) is 9. The largest absolute Gasteiger partial charge is 0.511 e. The van der Waals surface area contributed by atoms with Crippen LogP contribution < -0.4 is 0 Å². The number of carbonyl (C=O) groups is 6. The monoisotopic (exact) mass is 1130 g/mol. The summed E-state index contributed by atoms with van der Waals surface area (Å²) in [6.45, 7) is 10.6. The summed E-state index contributed by atoms with van der Waals surface area (Å²) in [4.78, 5) is 87.6. The number of fused-ring (bicyclic) bond motifs is 3. The van der Waals surface area contributed by atoms with Crippen LogP contribution in [0.1, 0.15) is 126 Å². The summed E-state index contributed by atoms with van der Waals surface area (Å²) in [5, 5.41) is 54.8. The molecule has 5 rings (SSSR count). The predicted molar refractivity (Wildman–Crippen MR) is 289 cm³/mol. The van der Waals surface area contributed by atoms with Gasteiger partial charge in [0.15, 0.2) is 24.1 Å². The van der Waals surface area contributed by atoms with Gasteiger partial charge in [0.25, 0.3) is 17.5 Å². The SMILES string of the molecule is CO[C@H]1C[C@@H]2CC[C@@H](C)[C@@](O)(O2)C(=O)C(=O)N2CCCCC2C(=O)O[C@H]([C@H](C)C[C@@H]2CC[C@@H](O)[C@H](OC)C2)CC(=O)[C@H](C)/C=C(\C)[C@@H](OC(=O)OC2(CO)OC[C@H](OC)[C@H](O)[C@H]2O)[C@@H](OC)C(=O)[C@H](C)C[C@H](C)\C=C/C=C/C=C/1C. The number of hydrogen-bond acceptors (Lipinski definition) is 20. The second kappa shape index (κ2) is 30.3. The molecule has 4 fully saturated rings. The molecule has 0 radical (unpaired) electrons. The number of hydrogen-bond donors (Lipinski definition) is 5. The average molecular weight is 1130 g/mol. The second-order valence-corrected chi connectivity index (χ2v) is 23.0. The van der Waals surface area contributed by atoms with Crippen LogP contribution in [0, 0.1) is 35.5 Å². The molecule has 19 atom stereocenters. The topological polar surface area (TPSA) is 290 Å². The highest BCUT2D eigenvalue weighted by molar-refractivity contribution is 6.39. The highest BCUT2D eigenvalue weighted by Gasteiger charge is 2.55. The van der Waals surface area contributed by atoms with Crippen molar-refractivity contribution < 1.29 is 96.9 Å². The van der Waals surface area contributed by atoms with E-state index in [4.69, 9.17) is 42.6 Å². The number of esters is 1. The van der Waals surface area contributed by atoms with Crippen molar-refractivity contribution in [3.05, 3.63) is 47.6 Å². The van der Waals surface area contributed by atoms with Gasteiger partial charge < -0.3 is 73.1 Å². The first-order valence-corrected chi connectivity index (χ1v) is 28.4. The van der Waals surface area contributed by atoms with E-state index in [9.17, 15) is 54.3 Å². The number of ketones is 3. The summed E-state index contributed by atoms with van der Waals surface area (Å²) in [5.74, 6) is -12.1. The summed E-state index contributed by atoms with van der Waals surface area (Å²) >= 11 is 0. The number of nitrogens with zero attached hydrogens (tertiary/aromatic N) is 1. The molecule has 5 aliphatic rings. The van der Waals surface area contributed by atoms with Crippen molar-refractivity contribution in [2.45, 2.75) is 204 Å². The van der Waals surface area contributed by atoms with Gasteiger partial charge in [-0.05, 0) is 107 Å². The smallest absolute Gasteiger partial charge is 0.460 e. The molecule has 80 heavy (non-hydrogen) atoms. The van der Waals surface area contributed by atoms with E-state index in [1.165, 1.54) is 34.3 Å². The maximum Gasteiger partial charge on any atom is 0.511 e. The zero-order valence-corrected chi connectivity index (χ0v) is 48.7. The number of piperidine rings is 1. The normalized spacial score (nSPS) is 40.8. The van der Waals surface area contributed by atoms with Gasteiger partial charge in [-0.25, -0.2) is 9.59 Å². The van der Waals surface area contributed by atoms with Gasteiger partial charge in [-0.3, -0.25) is 19.2 Å². The van der Waals surface area contributed by atoms with Gasteiger partial charge >= 0.3 is 12.1 Å². The van der Waals surface area contributed by atoms with E-state index in [2.05, 4.69) is 0 Å². The molecule has 1 saturated carbocycles. The molecule has 3 saturated heterocycles. The Kier molecular flexibility index (Phi) is 25.2. The van der Waals surface area contributed by atoms with E-state index in [-0.39, 0.29) is 43.2 Å². The minimum Gasteiger partial charge on any atom is -0.460 e. The van der Waals surface area contributed by atoms with Crippen molar-refractivity contribution in [3.8, 4) is 0 Å². The van der Waals surface area contributed by atoms with Crippen molar-refractivity contribution in [2.24, 2.45) is 35.5 Å². The van der Waals surface area contributed by atoms with E-state index in [1.807, 2.05) is 51.2 Å². The van der Waals surface area contributed by atoms with Crippen molar-refractivity contribution in [1.82, 2.24) is 4.90 Å². The predicted octanol–water partition coefficient (Wildman–Crippen LogP) is 4.80. The molecule has 0 aromatic rings. The quantitative estimate of drug-likeness (QED) is 0.112. The Morgan fingerprint density at radius 3 is 2.20 bits per heavy atom. The summed E-state index contributed by atoms with van der Waals surface area (Å²) in [7, 11) is 5.60. The molecular formula is C59H91NO20. The molecule has 4 heterocycles. The summed E-state index contributed by atoms with van der Waals surface area (Å²) in [5.41, 5.74) is 0.982. The lowest BCUT2D eigenvalue weighted by Crippen LogP contribution is -2.64. The number of Topliss-reactive ketones (excluding diaryl/α,β-unsaturated/α-hetero) is 3. The van der Waals surface area contributed by atoms with E-state index in [0.29, 0.717) is 57.8 Å². The highest BCUT2D eigenvalue weighted by atomic mass is 16.8. The Labute approximate surface area is 471 Å². The van der Waals surface area contributed by atoms with Gasteiger partial charge in [0.2, 0.25) is 5.79 Å². The standard InChI is InChI=1S/C59H91NO20/c1-33-17-13-12-14-18-34(2)45(72-8)29-41-22-20-39(7)59(71,79-41)54(67)55(68)60-24-16-15-19-42(60)56(69)77-46(36(4)27-40-21-23-43(62)47(28-40)73-9)30-44(63)35(3)26-38(6)51(52(75-11)49(64)37(5)25-33)78-57(70)80-58(32-61)53(66)50(65)48(74-10)31-76-58/h12-14,17-18,26,33,35-37,39-43,45-48,50-53,61-62,65-66,71H,15-16,19-25,27-32H2,1-11H3/b14-12+,17-13-,34-18+,38-26+/t33-,35-,36-,37-,39-,40+,41+,42?,43-,45+,46+,47-,48+,50+,51-,52+,53-,58?,59-/m1/s1. The van der Waals surface area contributed by atoms with E-state index >= 15 is 0 Å². The van der Waals surface area contributed by atoms with Gasteiger partial charge in [0.1, 0.15) is 36.7 Å². The highest BCUT2D eigenvalue weighted by Crippen LogP contribution is 2.38. The zero-order chi connectivity index (χ0) is 59.2. The average Bonchev–Trinajstić information content (AvgIpc) is 3.44. The zero-order valence-electron chi connectivity index (χ0n) is 48.7. The fraction of sp³-hybridized carbons (Fsp3) is 0.763. The number of aliphatic hydroxyl groups excluding tert-OH is 4. The number of allylic oxidation sites excluding steroid dienone is 6. The fourth-order valence-corrected chi connectivity index (χ4v) is 11.9. The van der Waals surface area contributed by atoms with E-state index in [1.54, 1.807) is 27.9 Å². The maximum absolute atomic E-state index is 14.6. The number of rotatable bonds is 10. The lowest BCUT2D eigenvalue weighted by Gasteiger charge is -2.43. The Hall–Kier alpha value is -4.26. The summed E-state index contributed by atoms with van der Waals surface area (Å²) in [6.07, 6.45) is 2.46. The molecule has 4 aliphatic heterocycles. The lowest BCUT2D eigenvalue weighted by atomic mass is 9.78. The van der Waals surface area contributed by atoms with Crippen LogP contribution in [0.5, 0.6) is 0 Å². The molecule has 1 aliphatic carbocycles. The Morgan fingerprint density at radius 1 is 0.825 bits per heavy atom. The Balaban J connectivity index is 1.55. The fourth-order valence-electron chi connectivity index (χ4n) is 11.9. The number of amides is 1. The van der Waals surface area contributed by atoms with Crippen molar-refractivity contribution in [3.63, 3.8) is 0 Å². The van der Waals surface area contributed by atoms with Crippen LogP contribution in [-0.4, -0.2) is 193 Å². The molecule has 21 heteroatoms. The van der Waals surface area contributed by atoms with Crippen LogP contribution in [-0.2, 0) is 66.6 Å². The van der Waals surface area contributed by atoms with Crippen LogP contribution in [0.3, 0.4) is 0 Å². The third-order valence-corrected chi connectivity index (χ3v) is 17.1. The Bertz CT molecular complexity index is 2230. The molecule has 2 bridgehead atoms. The van der Waals surface area contributed by atoms with E-state index < -0.39 is 151 Å². The molecule has 2 unspecified atom stereocenters. The van der Waals surface area contributed by atoms with Crippen LogP contribution in [0.25, 0.3) is 0 Å². The summed E-state index contributed by atoms with van der Waals surface area (Å²) in [6, 6.07) is -1.24. The van der Waals surface area contributed by atoms with Crippen molar-refractivity contribution in [2.75, 3.05) is 48.2 Å².